The van der Waals surface area contributed by atoms with Crippen molar-refractivity contribution in [2.75, 3.05) is 7.05 Å². The molecule has 1 aliphatic rings. The molecule has 3 rings (SSSR count). The van der Waals surface area contributed by atoms with Gasteiger partial charge in [0, 0.05) is 5.56 Å². The molecule has 100 valence electrons. The molecular formula is C16H18BrNO. The molecule has 2 aromatic rings. The van der Waals surface area contributed by atoms with Gasteiger partial charge in [-0.3, -0.25) is 0 Å². The van der Waals surface area contributed by atoms with Gasteiger partial charge in [0.15, 0.2) is 0 Å². The molecule has 3 heteroatoms. The molecule has 2 atom stereocenters. The second-order valence-electron chi connectivity index (χ2n) is 5.04. The molecule has 1 aliphatic heterocycles. The first kappa shape index (κ1) is 12.9. The van der Waals surface area contributed by atoms with Crippen LogP contribution in [-0.2, 0) is 0 Å². The molecule has 0 aliphatic carbocycles. The standard InChI is InChI=1S/C16H18BrNO/c1-3-6-13-15(18-2)12-9-10-7-4-5-8-11(10)14(17)16(12)19-13/h4-5,7-9,13,15,18H,3,6H2,1-2H3. The van der Waals surface area contributed by atoms with Crippen LogP contribution in [0.3, 0.4) is 0 Å². The first-order valence-corrected chi connectivity index (χ1v) is 7.60. The Balaban J connectivity index is 2.16. The normalized spacial score (nSPS) is 21.4. The SMILES string of the molecule is CCCC1Oc2c(cc3ccccc3c2Br)C1NC. The van der Waals surface area contributed by atoms with E-state index < -0.39 is 0 Å². The third kappa shape index (κ3) is 2.05. The Morgan fingerprint density at radius 2 is 2.11 bits per heavy atom. The van der Waals surface area contributed by atoms with Crippen molar-refractivity contribution in [3.63, 3.8) is 0 Å². The molecule has 2 unspecified atom stereocenters. The molecule has 0 bridgehead atoms. The van der Waals surface area contributed by atoms with Crippen LogP contribution in [0.25, 0.3) is 10.8 Å². The van der Waals surface area contributed by atoms with E-state index in [2.05, 4.69) is 58.5 Å². The molecule has 1 heterocycles. The summed E-state index contributed by atoms with van der Waals surface area (Å²) in [4.78, 5) is 0. The topological polar surface area (TPSA) is 21.3 Å². The zero-order valence-corrected chi connectivity index (χ0v) is 12.8. The lowest BCUT2D eigenvalue weighted by molar-refractivity contribution is 0.181. The molecule has 0 saturated carbocycles. The fourth-order valence-electron chi connectivity index (χ4n) is 2.93. The summed E-state index contributed by atoms with van der Waals surface area (Å²) in [5, 5.41) is 5.88. The highest BCUT2D eigenvalue weighted by Gasteiger charge is 2.34. The van der Waals surface area contributed by atoms with Crippen LogP contribution in [0.2, 0.25) is 0 Å². The van der Waals surface area contributed by atoms with Crippen molar-refractivity contribution in [2.45, 2.75) is 31.9 Å². The molecule has 19 heavy (non-hydrogen) atoms. The van der Waals surface area contributed by atoms with Crippen molar-refractivity contribution in [3.05, 3.63) is 40.4 Å². The third-order valence-electron chi connectivity index (χ3n) is 3.83. The van der Waals surface area contributed by atoms with Gasteiger partial charge in [0.1, 0.15) is 11.9 Å². The van der Waals surface area contributed by atoms with Crippen molar-refractivity contribution < 1.29 is 4.74 Å². The maximum atomic E-state index is 6.18. The van der Waals surface area contributed by atoms with Gasteiger partial charge < -0.3 is 10.1 Å². The number of likely N-dealkylation sites (N-methyl/N-ethyl adjacent to an activating group) is 1. The lowest BCUT2D eigenvalue weighted by atomic mass is 9.98. The number of hydrogen-bond donors (Lipinski definition) is 1. The zero-order valence-electron chi connectivity index (χ0n) is 11.2. The zero-order chi connectivity index (χ0) is 13.4. The number of hydrogen-bond acceptors (Lipinski definition) is 2. The molecule has 2 nitrogen and oxygen atoms in total. The second-order valence-corrected chi connectivity index (χ2v) is 5.83. The van der Waals surface area contributed by atoms with Crippen molar-refractivity contribution >= 4 is 26.7 Å². The van der Waals surface area contributed by atoms with Crippen LogP contribution in [-0.4, -0.2) is 13.2 Å². The van der Waals surface area contributed by atoms with E-state index >= 15 is 0 Å². The maximum Gasteiger partial charge on any atom is 0.139 e. The number of nitrogens with one attached hydrogen (secondary N) is 1. The minimum Gasteiger partial charge on any atom is -0.487 e. The first-order valence-electron chi connectivity index (χ1n) is 6.81. The highest BCUT2D eigenvalue weighted by atomic mass is 79.9. The van der Waals surface area contributed by atoms with Gasteiger partial charge in [0.2, 0.25) is 0 Å². The minimum atomic E-state index is 0.234. The summed E-state index contributed by atoms with van der Waals surface area (Å²) in [5.74, 6) is 1.01. The van der Waals surface area contributed by atoms with E-state index in [1.54, 1.807) is 0 Å². The van der Waals surface area contributed by atoms with Crippen LogP contribution in [0.4, 0.5) is 0 Å². The van der Waals surface area contributed by atoms with Crippen molar-refractivity contribution in [1.29, 1.82) is 0 Å². The van der Waals surface area contributed by atoms with Crippen molar-refractivity contribution in [1.82, 2.24) is 5.32 Å². The Morgan fingerprint density at radius 1 is 1.32 bits per heavy atom. The fraction of sp³-hybridized carbons (Fsp3) is 0.375. The molecule has 0 amide bonds. The van der Waals surface area contributed by atoms with Crippen LogP contribution in [0, 0.1) is 0 Å². The molecule has 2 aromatic carbocycles. The van der Waals surface area contributed by atoms with E-state index in [4.69, 9.17) is 4.74 Å². The number of halogens is 1. The average molecular weight is 320 g/mol. The Bertz CT molecular complexity index is 611. The Hall–Kier alpha value is -1.06. The molecule has 0 spiro atoms. The lowest BCUT2D eigenvalue weighted by Gasteiger charge is -2.17. The van der Waals surface area contributed by atoms with E-state index in [1.165, 1.54) is 16.3 Å². The quantitative estimate of drug-likeness (QED) is 0.904. The van der Waals surface area contributed by atoms with Gasteiger partial charge >= 0.3 is 0 Å². The van der Waals surface area contributed by atoms with Gasteiger partial charge in [-0.15, -0.1) is 0 Å². The van der Waals surface area contributed by atoms with Gasteiger partial charge in [-0.2, -0.15) is 0 Å². The summed E-state index contributed by atoms with van der Waals surface area (Å²) < 4.78 is 7.26. The molecule has 0 saturated heterocycles. The van der Waals surface area contributed by atoms with Crippen LogP contribution >= 0.6 is 15.9 Å². The Morgan fingerprint density at radius 3 is 2.84 bits per heavy atom. The monoisotopic (exact) mass is 319 g/mol. The lowest BCUT2D eigenvalue weighted by Crippen LogP contribution is -2.28. The van der Waals surface area contributed by atoms with Crippen LogP contribution in [0.5, 0.6) is 5.75 Å². The van der Waals surface area contributed by atoms with Gasteiger partial charge in [-0.05, 0) is 46.2 Å². The van der Waals surface area contributed by atoms with Gasteiger partial charge in [0.05, 0.1) is 10.5 Å². The minimum absolute atomic E-state index is 0.234. The summed E-state index contributed by atoms with van der Waals surface area (Å²) >= 11 is 3.72. The van der Waals surface area contributed by atoms with E-state index in [-0.39, 0.29) is 12.1 Å². The van der Waals surface area contributed by atoms with E-state index in [0.29, 0.717) is 0 Å². The summed E-state index contributed by atoms with van der Waals surface area (Å²) in [6.45, 7) is 2.20. The highest BCUT2D eigenvalue weighted by molar-refractivity contribution is 9.10. The Kier molecular flexibility index (Phi) is 3.50. The predicted molar refractivity (Wildman–Crippen MR) is 82.8 cm³/mol. The van der Waals surface area contributed by atoms with Gasteiger partial charge in [-0.1, -0.05) is 37.6 Å². The van der Waals surface area contributed by atoms with Crippen molar-refractivity contribution in [3.8, 4) is 5.75 Å². The Labute approximate surface area is 122 Å². The second kappa shape index (κ2) is 5.14. The summed E-state index contributed by atoms with van der Waals surface area (Å²) in [6, 6.07) is 11.0. The largest absolute Gasteiger partial charge is 0.487 e. The summed E-state index contributed by atoms with van der Waals surface area (Å²) in [7, 11) is 2.01. The predicted octanol–water partition coefficient (Wildman–Crippen LogP) is 4.42. The van der Waals surface area contributed by atoms with Crippen molar-refractivity contribution in [2.24, 2.45) is 0 Å². The molecule has 0 radical (unpaired) electrons. The van der Waals surface area contributed by atoms with Gasteiger partial charge in [0.25, 0.3) is 0 Å². The molecule has 0 aromatic heterocycles. The van der Waals surface area contributed by atoms with Crippen LogP contribution < -0.4 is 10.1 Å². The van der Waals surface area contributed by atoms with Crippen LogP contribution in [0.15, 0.2) is 34.8 Å². The van der Waals surface area contributed by atoms with Crippen LogP contribution in [0.1, 0.15) is 31.4 Å². The molecular weight excluding hydrogens is 302 g/mol. The molecule has 1 N–H and O–H groups in total. The third-order valence-corrected chi connectivity index (χ3v) is 4.62. The number of benzene rings is 2. The summed E-state index contributed by atoms with van der Waals surface area (Å²) in [6.07, 6.45) is 2.44. The average Bonchev–Trinajstić information content (AvgIpc) is 2.77. The maximum absolute atomic E-state index is 6.18. The smallest absolute Gasteiger partial charge is 0.139 e. The fourth-order valence-corrected chi connectivity index (χ4v) is 3.61. The van der Waals surface area contributed by atoms with E-state index in [9.17, 15) is 0 Å². The first-order chi connectivity index (χ1) is 9.26. The summed E-state index contributed by atoms with van der Waals surface area (Å²) in [5.41, 5.74) is 1.27. The van der Waals surface area contributed by atoms with E-state index in [1.807, 2.05) is 7.05 Å². The number of fused-ring (bicyclic) bond motifs is 2. The van der Waals surface area contributed by atoms with E-state index in [0.717, 1.165) is 23.1 Å². The number of ether oxygens (including phenoxy) is 1. The number of rotatable bonds is 3. The molecule has 0 fully saturated rings. The highest BCUT2D eigenvalue weighted by Crippen LogP contribution is 2.46. The van der Waals surface area contributed by atoms with Gasteiger partial charge in [-0.25, -0.2) is 0 Å².